The number of unbranched alkanes of at least 4 members (excludes halogenated alkanes) is 3. The van der Waals surface area contributed by atoms with E-state index in [-0.39, 0.29) is 5.97 Å². The van der Waals surface area contributed by atoms with Gasteiger partial charge in [-0.25, -0.2) is 0 Å². The molecule has 0 spiro atoms. The first-order valence-corrected chi connectivity index (χ1v) is 8.62. The van der Waals surface area contributed by atoms with Crippen LogP contribution in [0.5, 0.6) is 5.75 Å². The zero-order valence-electron chi connectivity index (χ0n) is 15.1. The highest BCUT2D eigenvalue weighted by atomic mass is 16.5. The van der Waals surface area contributed by atoms with Crippen molar-refractivity contribution < 1.29 is 9.53 Å². The quantitative estimate of drug-likeness (QED) is 0.494. The summed E-state index contributed by atoms with van der Waals surface area (Å²) in [6.45, 7) is 12.1. The monoisotopic (exact) mass is 305 g/mol. The van der Waals surface area contributed by atoms with Gasteiger partial charge in [-0.05, 0) is 32.1 Å². The molecule has 3 heteroatoms. The van der Waals surface area contributed by atoms with Crippen LogP contribution in [0.4, 0.5) is 0 Å². The molecule has 1 aromatic rings. The Balaban J connectivity index is 3.26. The van der Waals surface area contributed by atoms with Gasteiger partial charge in [-0.15, -0.1) is 0 Å². The van der Waals surface area contributed by atoms with Crippen LogP contribution in [-0.4, -0.2) is 11.0 Å². The molecule has 1 aromatic heterocycles. The fourth-order valence-corrected chi connectivity index (χ4v) is 2.84. The van der Waals surface area contributed by atoms with E-state index in [0.29, 0.717) is 5.92 Å². The lowest BCUT2D eigenvalue weighted by atomic mass is 9.94. The number of hydrogen-bond donors (Lipinski definition) is 0. The van der Waals surface area contributed by atoms with Gasteiger partial charge in [0.05, 0.1) is 5.69 Å². The minimum atomic E-state index is -0.249. The van der Waals surface area contributed by atoms with Crippen molar-refractivity contribution in [3.63, 3.8) is 0 Å². The third kappa shape index (κ3) is 4.82. The van der Waals surface area contributed by atoms with Gasteiger partial charge in [0, 0.05) is 23.7 Å². The van der Waals surface area contributed by atoms with Crippen molar-refractivity contribution in [2.75, 3.05) is 0 Å². The fourth-order valence-electron chi connectivity index (χ4n) is 2.84. The van der Waals surface area contributed by atoms with Crippen LogP contribution in [0.25, 0.3) is 0 Å². The third-order valence-electron chi connectivity index (χ3n) is 4.02. The van der Waals surface area contributed by atoms with Crippen molar-refractivity contribution in [3.8, 4) is 5.75 Å². The molecule has 0 radical (unpaired) electrons. The summed E-state index contributed by atoms with van der Waals surface area (Å²) in [4.78, 5) is 16.4. The Morgan fingerprint density at radius 3 is 2.36 bits per heavy atom. The number of nitrogens with zero attached hydrogens (tertiary/aromatic N) is 1. The summed E-state index contributed by atoms with van der Waals surface area (Å²) in [7, 11) is 0. The smallest absolute Gasteiger partial charge is 0.308 e. The van der Waals surface area contributed by atoms with Crippen LogP contribution in [0.1, 0.15) is 88.7 Å². The van der Waals surface area contributed by atoms with Crippen LogP contribution in [0.3, 0.4) is 0 Å². The maximum absolute atomic E-state index is 11.5. The molecule has 1 heterocycles. The highest BCUT2D eigenvalue weighted by Gasteiger charge is 2.20. The van der Waals surface area contributed by atoms with Crippen molar-refractivity contribution in [1.29, 1.82) is 0 Å². The van der Waals surface area contributed by atoms with Gasteiger partial charge in [0.1, 0.15) is 5.75 Å². The first kappa shape index (κ1) is 18.7. The maximum atomic E-state index is 11.5. The molecule has 0 amide bonds. The second-order valence-corrected chi connectivity index (χ2v) is 6.29. The Labute approximate surface area is 135 Å². The maximum Gasteiger partial charge on any atom is 0.308 e. The molecule has 0 saturated carbocycles. The number of pyridine rings is 1. The van der Waals surface area contributed by atoms with E-state index >= 15 is 0 Å². The van der Waals surface area contributed by atoms with Gasteiger partial charge in [0.2, 0.25) is 0 Å². The Bertz CT molecular complexity index is 507. The molecule has 3 nitrogen and oxygen atoms in total. The van der Waals surface area contributed by atoms with Crippen molar-refractivity contribution in [2.24, 2.45) is 0 Å². The summed E-state index contributed by atoms with van der Waals surface area (Å²) < 4.78 is 5.59. The lowest BCUT2D eigenvalue weighted by molar-refractivity contribution is -0.132. The average Bonchev–Trinajstić information content (AvgIpc) is 2.46. The topological polar surface area (TPSA) is 39.2 Å². The molecule has 0 aliphatic heterocycles. The number of carbonyl (C=O) groups is 1. The highest BCUT2D eigenvalue weighted by molar-refractivity contribution is 5.71. The van der Waals surface area contributed by atoms with Gasteiger partial charge in [-0.2, -0.15) is 0 Å². The van der Waals surface area contributed by atoms with Gasteiger partial charge in [0.25, 0.3) is 0 Å². The number of aromatic nitrogens is 1. The lowest BCUT2D eigenvalue weighted by Crippen LogP contribution is -2.13. The number of carbonyl (C=O) groups excluding carboxylic acids is 1. The first-order chi connectivity index (χ1) is 10.4. The van der Waals surface area contributed by atoms with Crippen LogP contribution < -0.4 is 4.74 Å². The SMILES string of the molecule is CCCCCCc1c(C(C)C)nc(CC)c(C)c1OC(C)=O. The normalized spacial score (nSPS) is 11.0. The Hall–Kier alpha value is -1.38. The summed E-state index contributed by atoms with van der Waals surface area (Å²) >= 11 is 0. The molecule has 124 valence electrons. The lowest BCUT2D eigenvalue weighted by Gasteiger charge is -2.20. The van der Waals surface area contributed by atoms with E-state index in [0.717, 1.165) is 47.5 Å². The van der Waals surface area contributed by atoms with Gasteiger partial charge >= 0.3 is 5.97 Å². The highest BCUT2D eigenvalue weighted by Crippen LogP contribution is 2.33. The van der Waals surface area contributed by atoms with E-state index in [1.165, 1.54) is 26.2 Å². The number of rotatable bonds is 8. The fraction of sp³-hybridized carbons (Fsp3) is 0.684. The Morgan fingerprint density at radius 1 is 1.18 bits per heavy atom. The Morgan fingerprint density at radius 2 is 1.86 bits per heavy atom. The summed E-state index contributed by atoms with van der Waals surface area (Å²) in [6.07, 6.45) is 6.60. The molecular formula is C19H31NO2. The molecule has 0 fully saturated rings. The number of ether oxygens (including phenoxy) is 1. The largest absolute Gasteiger partial charge is 0.426 e. The average molecular weight is 305 g/mol. The Kier molecular flexibility index (Phi) is 7.57. The summed E-state index contributed by atoms with van der Waals surface area (Å²) in [5, 5.41) is 0. The predicted octanol–water partition coefficient (Wildman–Crippen LogP) is 5.12. The molecule has 0 bridgehead atoms. The second-order valence-electron chi connectivity index (χ2n) is 6.29. The zero-order chi connectivity index (χ0) is 16.7. The molecule has 0 atom stereocenters. The number of hydrogen-bond acceptors (Lipinski definition) is 3. The minimum Gasteiger partial charge on any atom is -0.426 e. The molecule has 0 aliphatic rings. The molecule has 0 saturated heterocycles. The van der Waals surface area contributed by atoms with Crippen LogP contribution in [0.15, 0.2) is 0 Å². The third-order valence-corrected chi connectivity index (χ3v) is 4.02. The predicted molar refractivity (Wildman–Crippen MR) is 91.6 cm³/mol. The van der Waals surface area contributed by atoms with Crippen molar-refractivity contribution >= 4 is 5.97 Å². The van der Waals surface area contributed by atoms with E-state index in [9.17, 15) is 4.79 Å². The summed E-state index contributed by atoms with van der Waals surface area (Å²) in [5.41, 5.74) is 4.29. The molecule has 1 rings (SSSR count). The van der Waals surface area contributed by atoms with Crippen molar-refractivity contribution in [2.45, 2.75) is 86.0 Å². The summed E-state index contributed by atoms with van der Waals surface area (Å²) in [6, 6.07) is 0. The first-order valence-electron chi connectivity index (χ1n) is 8.62. The van der Waals surface area contributed by atoms with Gasteiger partial charge in [-0.1, -0.05) is 47.0 Å². The van der Waals surface area contributed by atoms with Crippen LogP contribution in [-0.2, 0) is 17.6 Å². The molecule has 0 aromatic carbocycles. The molecular weight excluding hydrogens is 274 g/mol. The molecule has 0 N–H and O–H groups in total. The number of esters is 1. The van der Waals surface area contributed by atoms with E-state index in [4.69, 9.17) is 9.72 Å². The summed E-state index contributed by atoms with van der Waals surface area (Å²) in [5.74, 6) is 0.849. The van der Waals surface area contributed by atoms with Crippen LogP contribution in [0, 0.1) is 6.92 Å². The van der Waals surface area contributed by atoms with E-state index in [2.05, 4.69) is 27.7 Å². The van der Waals surface area contributed by atoms with E-state index < -0.39 is 0 Å². The second kappa shape index (κ2) is 8.92. The molecule has 0 aliphatic carbocycles. The zero-order valence-corrected chi connectivity index (χ0v) is 15.1. The van der Waals surface area contributed by atoms with Gasteiger partial charge in [0.15, 0.2) is 0 Å². The molecule has 22 heavy (non-hydrogen) atoms. The van der Waals surface area contributed by atoms with Crippen LogP contribution >= 0.6 is 0 Å². The van der Waals surface area contributed by atoms with Crippen molar-refractivity contribution in [1.82, 2.24) is 4.98 Å². The van der Waals surface area contributed by atoms with E-state index in [1.807, 2.05) is 6.92 Å². The van der Waals surface area contributed by atoms with Gasteiger partial charge in [-0.3, -0.25) is 9.78 Å². The number of aryl methyl sites for hydroxylation is 1. The molecule has 0 unspecified atom stereocenters. The van der Waals surface area contributed by atoms with Crippen LogP contribution in [0.2, 0.25) is 0 Å². The van der Waals surface area contributed by atoms with Crippen molar-refractivity contribution in [3.05, 3.63) is 22.5 Å². The minimum absolute atomic E-state index is 0.249. The van der Waals surface area contributed by atoms with Gasteiger partial charge < -0.3 is 4.74 Å². The standard InChI is InChI=1S/C19H31NO2/c1-7-9-10-11-12-16-18(13(3)4)20-17(8-2)14(5)19(16)22-15(6)21/h13H,7-12H2,1-6H3. The van der Waals surface area contributed by atoms with E-state index in [1.54, 1.807) is 0 Å².